The van der Waals surface area contributed by atoms with Crippen molar-refractivity contribution >= 4 is 33.4 Å². The van der Waals surface area contributed by atoms with Crippen LogP contribution in [0.5, 0.6) is 0 Å². The van der Waals surface area contributed by atoms with Crippen molar-refractivity contribution in [3.63, 3.8) is 0 Å². The van der Waals surface area contributed by atoms with Crippen LogP contribution in [-0.2, 0) is 0 Å². The second-order valence-electron chi connectivity index (χ2n) is 3.20. The highest BCUT2D eigenvalue weighted by molar-refractivity contribution is 9.10. The summed E-state index contributed by atoms with van der Waals surface area (Å²) in [6, 6.07) is 6.03. The number of non-ortho nitro benzene ring substituents is 1. The SMILES string of the molecule is O=c1[nH]cnc(Sc2ccc([N+](=O)[O-])cc2)c1Br. The number of hydrogen-bond acceptors (Lipinski definition) is 5. The van der Waals surface area contributed by atoms with Crippen LogP contribution in [0.2, 0.25) is 0 Å². The van der Waals surface area contributed by atoms with Gasteiger partial charge in [0.05, 0.1) is 11.3 Å². The van der Waals surface area contributed by atoms with Crippen LogP contribution in [0.4, 0.5) is 5.69 Å². The molecule has 8 heteroatoms. The molecule has 0 unspecified atom stereocenters. The lowest BCUT2D eigenvalue weighted by Gasteiger charge is -2.01. The Kier molecular flexibility index (Phi) is 3.78. The fourth-order valence-electron chi connectivity index (χ4n) is 1.19. The van der Waals surface area contributed by atoms with Crippen LogP contribution in [0, 0.1) is 10.1 Å². The number of nitro groups is 1. The van der Waals surface area contributed by atoms with Crippen molar-refractivity contribution in [3.8, 4) is 0 Å². The quantitative estimate of drug-likeness (QED) is 0.531. The van der Waals surface area contributed by atoms with E-state index in [1.54, 1.807) is 12.1 Å². The monoisotopic (exact) mass is 327 g/mol. The van der Waals surface area contributed by atoms with E-state index in [9.17, 15) is 14.9 Å². The number of hydrogen-bond donors (Lipinski definition) is 1. The zero-order chi connectivity index (χ0) is 13.1. The Morgan fingerprint density at radius 2 is 2.00 bits per heavy atom. The molecule has 1 aromatic heterocycles. The van der Waals surface area contributed by atoms with Gasteiger partial charge in [0.25, 0.3) is 11.2 Å². The van der Waals surface area contributed by atoms with Crippen molar-refractivity contribution in [1.29, 1.82) is 0 Å². The van der Waals surface area contributed by atoms with E-state index in [0.29, 0.717) is 9.50 Å². The van der Waals surface area contributed by atoms with Gasteiger partial charge < -0.3 is 4.98 Å². The average molecular weight is 328 g/mol. The van der Waals surface area contributed by atoms with Gasteiger partial charge in [0.2, 0.25) is 0 Å². The van der Waals surface area contributed by atoms with Gasteiger partial charge in [-0.15, -0.1) is 0 Å². The van der Waals surface area contributed by atoms with Gasteiger partial charge in [0.1, 0.15) is 9.50 Å². The molecule has 0 radical (unpaired) electrons. The molecule has 0 fully saturated rings. The van der Waals surface area contributed by atoms with Crippen molar-refractivity contribution in [3.05, 3.63) is 55.5 Å². The molecule has 1 heterocycles. The van der Waals surface area contributed by atoms with E-state index in [1.807, 2.05) is 0 Å². The van der Waals surface area contributed by atoms with Gasteiger partial charge in [-0.05, 0) is 28.1 Å². The molecule has 92 valence electrons. The molecular formula is C10H6BrN3O3S. The predicted octanol–water partition coefficient (Wildman–Crippen LogP) is 2.59. The Hall–Kier alpha value is -1.67. The lowest BCUT2D eigenvalue weighted by atomic mass is 10.3. The lowest BCUT2D eigenvalue weighted by Crippen LogP contribution is -2.07. The summed E-state index contributed by atoms with van der Waals surface area (Å²) in [7, 11) is 0. The molecule has 2 aromatic rings. The first-order valence-electron chi connectivity index (χ1n) is 4.73. The maximum atomic E-state index is 11.3. The number of H-pyrrole nitrogens is 1. The van der Waals surface area contributed by atoms with Crippen LogP contribution >= 0.6 is 27.7 Å². The Bertz CT molecular complexity index is 642. The van der Waals surface area contributed by atoms with Crippen molar-refractivity contribution in [2.45, 2.75) is 9.92 Å². The molecule has 0 aliphatic rings. The van der Waals surface area contributed by atoms with Gasteiger partial charge in [-0.3, -0.25) is 14.9 Å². The van der Waals surface area contributed by atoms with Gasteiger partial charge in [-0.1, -0.05) is 11.8 Å². The average Bonchev–Trinajstić information content (AvgIpc) is 2.36. The molecule has 0 amide bonds. The number of rotatable bonds is 3. The molecule has 1 aromatic carbocycles. The second kappa shape index (κ2) is 5.32. The first-order valence-corrected chi connectivity index (χ1v) is 6.34. The Morgan fingerprint density at radius 1 is 1.33 bits per heavy atom. The molecule has 0 aliphatic heterocycles. The number of nitrogens with zero attached hydrogens (tertiary/aromatic N) is 2. The van der Waals surface area contributed by atoms with E-state index in [2.05, 4.69) is 25.9 Å². The van der Waals surface area contributed by atoms with Crippen LogP contribution in [-0.4, -0.2) is 14.9 Å². The molecular weight excluding hydrogens is 322 g/mol. The Balaban J connectivity index is 2.26. The summed E-state index contributed by atoms with van der Waals surface area (Å²) in [4.78, 5) is 28.6. The van der Waals surface area contributed by atoms with E-state index >= 15 is 0 Å². The van der Waals surface area contributed by atoms with Gasteiger partial charge in [0.15, 0.2) is 0 Å². The minimum absolute atomic E-state index is 0.0253. The van der Waals surface area contributed by atoms with E-state index in [0.717, 1.165) is 4.90 Å². The zero-order valence-electron chi connectivity index (χ0n) is 8.79. The Morgan fingerprint density at radius 3 is 2.61 bits per heavy atom. The van der Waals surface area contributed by atoms with Gasteiger partial charge in [-0.2, -0.15) is 0 Å². The molecule has 0 saturated heterocycles. The minimum Gasteiger partial charge on any atom is -0.312 e. The van der Waals surface area contributed by atoms with Crippen molar-refractivity contribution in [2.24, 2.45) is 0 Å². The number of benzene rings is 1. The fraction of sp³-hybridized carbons (Fsp3) is 0. The van der Waals surface area contributed by atoms with Crippen LogP contribution in [0.25, 0.3) is 0 Å². The second-order valence-corrected chi connectivity index (χ2v) is 5.06. The molecule has 6 nitrogen and oxygen atoms in total. The summed E-state index contributed by atoms with van der Waals surface area (Å²) in [6.07, 6.45) is 1.31. The number of nitro benzene ring substituents is 1. The van der Waals surface area contributed by atoms with Gasteiger partial charge in [0, 0.05) is 17.0 Å². The Labute approximate surface area is 114 Å². The van der Waals surface area contributed by atoms with E-state index in [1.165, 1.54) is 30.2 Å². The fourth-order valence-corrected chi connectivity index (χ4v) is 2.43. The topological polar surface area (TPSA) is 88.9 Å². The van der Waals surface area contributed by atoms with Crippen LogP contribution in [0.15, 0.2) is 49.8 Å². The molecule has 0 atom stereocenters. The first kappa shape index (κ1) is 12.8. The van der Waals surface area contributed by atoms with Crippen molar-refractivity contribution in [2.75, 3.05) is 0 Å². The van der Waals surface area contributed by atoms with Crippen molar-refractivity contribution < 1.29 is 4.92 Å². The minimum atomic E-state index is -0.462. The highest BCUT2D eigenvalue weighted by Crippen LogP contribution is 2.30. The maximum absolute atomic E-state index is 11.3. The zero-order valence-corrected chi connectivity index (χ0v) is 11.2. The summed E-state index contributed by atoms with van der Waals surface area (Å²) in [6.45, 7) is 0. The maximum Gasteiger partial charge on any atom is 0.269 e. The van der Waals surface area contributed by atoms with Crippen molar-refractivity contribution in [1.82, 2.24) is 9.97 Å². The summed E-state index contributed by atoms with van der Waals surface area (Å²) in [5.74, 6) is 0. The normalized spacial score (nSPS) is 10.3. The van der Waals surface area contributed by atoms with Crippen LogP contribution in [0.3, 0.4) is 0 Å². The largest absolute Gasteiger partial charge is 0.312 e. The summed E-state index contributed by atoms with van der Waals surface area (Å²) >= 11 is 4.39. The molecule has 1 N–H and O–H groups in total. The number of halogens is 1. The summed E-state index contributed by atoms with van der Waals surface area (Å²) in [5, 5.41) is 11.0. The molecule has 2 rings (SSSR count). The summed E-state index contributed by atoms with van der Waals surface area (Å²) in [5.41, 5.74) is -0.244. The highest BCUT2D eigenvalue weighted by Gasteiger charge is 2.09. The third kappa shape index (κ3) is 2.77. The molecule has 0 bridgehead atoms. The molecule has 0 aliphatic carbocycles. The lowest BCUT2D eigenvalue weighted by molar-refractivity contribution is -0.384. The molecule has 0 saturated carbocycles. The molecule has 0 spiro atoms. The summed E-state index contributed by atoms with van der Waals surface area (Å²) < 4.78 is 0.341. The predicted molar refractivity (Wildman–Crippen MR) is 69.8 cm³/mol. The van der Waals surface area contributed by atoms with Gasteiger partial charge >= 0.3 is 0 Å². The first-order chi connectivity index (χ1) is 8.58. The van der Waals surface area contributed by atoms with Crippen LogP contribution in [0.1, 0.15) is 0 Å². The van der Waals surface area contributed by atoms with E-state index in [-0.39, 0.29) is 11.2 Å². The smallest absolute Gasteiger partial charge is 0.269 e. The standard InChI is InChI=1S/C10H6BrN3O3S/c11-8-9(15)12-5-13-10(8)18-7-3-1-6(2-4-7)14(16)17/h1-5H,(H,12,13,15). The number of nitrogens with one attached hydrogen (secondary N) is 1. The van der Waals surface area contributed by atoms with E-state index in [4.69, 9.17) is 0 Å². The van der Waals surface area contributed by atoms with Gasteiger partial charge in [-0.25, -0.2) is 4.98 Å². The van der Waals surface area contributed by atoms with Crippen LogP contribution < -0.4 is 5.56 Å². The third-order valence-electron chi connectivity index (χ3n) is 2.03. The third-order valence-corrected chi connectivity index (χ3v) is 4.04. The van der Waals surface area contributed by atoms with E-state index < -0.39 is 4.92 Å². The highest BCUT2D eigenvalue weighted by atomic mass is 79.9. The number of aromatic nitrogens is 2. The number of aromatic amines is 1. The molecule has 18 heavy (non-hydrogen) atoms.